The fraction of sp³-hybridized carbons (Fsp3) is 0.636. The number of aromatic nitrogens is 2. The number of nitrogens with two attached hydrogens (primary N) is 1. The van der Waals surface area contributed by atoms with Crippen LogP contribution in [-0.2, 0) is 11.3 Å². The fourth-order valence-corrected chi connectivity index (χ4v) is 1.21. The van der Waals surface area contributed by atoms with Crippen molar-refractivity contribution < 1.29 is 4.74 Å². The van der Waals surface area contributed by atoms with E-state index in [0.717, 1.165) is 12.2 Å². The maximum absolute atomic E-state index is 5.53. The van der Waals surface area contributed by atoms with Crippen LogP contribution in [-0.4, -0.2) is 36.3 Å². The summed E-state index contributed by atoms with van der Waals surface area (Å²) in [5.41, 5.74) is 6.37. The Balaban J connectivity index is 2.48. The molecular weight excluding hydrogens is 204 g/mol. The molecule has 0 aromatic carbocycles. The van der Waals surface area contributed by atoms with Gasteiger partial charge in [-0.05, 0) is 19.9 Å². The Bertz CT molecular complexity index is 317. The quantitative estimate of drug-likeness (QED) is 0.774. The summed E-state index contributed by atoms with van der Waals surface area (Å²) in [7, 11) is 1.94. The van der Waals surface area contributed by atoms with E-state index in [1.807, 2.05) is 31.9 Å². The molecule has 0 spiro atoms. The van der Waals surface area contributed by atoms with E-state index in [1.165, 1.54) is 0 Å². The standard InChI is InChI=1S/C11H20N4O/c1-9(2)16-7-6-15(3)11-13-5-4-10(8-12)14-11/h4-5,9H,6-8,12H2,1-3H3. The minimum absolute atomic E-state index is 0.254. The van der Waals surface area contributed by atoms with E-state index >= 15 is 0 Å². The smallest absolute Gasteiger partial charge is 0.225 e. The van der Waals surface area contributed by atoms with Crippen LogP contribution in [0.3, 0.4) is 0 Å². The zero-order valence-electron chi connectivity index (χ0n) is 10.2. The lowest BCUT2D eigenvalue weighted by atomic mass is 10.4. The third-order valence-corrected chi connectivity index (χ3v) is 2.13. The van der Waals surface area contributed by atoms with Gasteiger partial charge in [0.05, 0.1) is 18.4 Å². The molecule has 0 aliphatic carbocycles. The van der Waals surface area contributed by atoms with Crippen molar-refractivity contribution in [2.24, 2.45) is 5.73 Å². The number of hydrogen-bond donors (Lipinski definition) is 1. The molecule has 0 bridgehead atoms. The van der Waals surface area contributed by atoms with Crippen LogP contribution in [0, 0.1) is 0 Å². The molecule has 0 aliphatic heterocycles. The summed E-state index contributed by atoms with van der Waals surface area (Å²) in [6, 6.07) is 1.82. The van der Waals surface area contributed by atoms with Crippen LogP contribution < -0.4 is 10.6 Å². The first-order chi connectivity index (χ1) is 7.63. The van der Waals surface area contributed by atoms with Gasteiger partial charge in [0.15, 0.2) is 0 Å². The van der Waals surface area contributed by atoms with Crippen molar-refractivity contribution in [1.29, 1.82) is 0 Å². The third-order valence-electron chi connectivity index (χ3n) is 2.13. The van der Waals surface area contributed by atoms with E-state index < -0.39 is 0 Å². The molecule has 0 unspecified atom stereocenters. The number of ether oxygens (including phenoxy) is 1. The highest BCUT2D eigenvalue weighted by atomic mass is 16.5. The molecule has 2 N–H and O–H groups in total. The Hall–Kier alpha value is -1.20. The normalized spacial score (nSPS) is 10.8. The van der Waals surface area contributed by atoms with Gasteiger partial charge in [-0.2, -0.15) is 0 Å². The molecule has 5 nitrogen and oxygen atoms in total. The average Bonchev–Trinajstić information content (AvgIpc) is 2.28. The number of likely N-dealkylation sites (N-methyl/N-ethyl adjacent to an activating group) is 1. The summed E-state index contributed by atoms with van der Waals surface area (Å²) < 4.78 is 5.47. The first-order valence-electron chi connectivity index (χ1n) is 5.48. The van der Waals surface area contributed by atoms with Gasteiger partial charge in [0.2, 0.25) is 5.95 Å². The summed E-state index contributed by atoms with van der Waals surface area (Å²) in [6.45, 7) is 5.92. The van der Waals surface area contributed by atoms with Crippen LogP contribution in [0.2, 0.25) is 0 Å². The summed E-state index contributed by atoms with van der Waals surface area (Å²) in [5, 5.41) is 0. The van der Waals surface area contributed by atoms with Crippen LogP contribution in [0.1, 0.15) is 19.5 Å². The lowest BCUT2D eigenvalue weighted by Gasteiger charge is -2.18. The molecule has 0 saturated heterocycles. The van der Waals surface area contributed by atoms with Gasteiger partial charge in [0, 0.05) is 26.3 Å². The zero-order chi connectivity index (χ0) is 12.0. The first-order valence-corrected chi connectivity index (χ1v) is 5.48. The number of anilines is 1. The van der Waals surface area contributed by atoms with Gasteiger partial charge in [-0.15, -0.1) is 0 Å². The predicted molar refractivity (Wildman–Crippen MR) is 64.3 cm³/mol. The summed E-state index contributed by atoms with van der Waals surface area (Å²) in [5.74, 6) is 0.690. The van der Waals surface area contributed by atoms with Crippen molar-refractivity contribution in [3.63, 3.8) is 0 Å². The van der Waals surface area contributed by atoms with Gasteiger partial charge in [-0.25, -0.2) is 9.97 Å². The Morgan fingerprint density at radius 3 is 2.88 bits per heavy atom. The maximum atomic E-state index is 5.53. The molecule has 0 fully saturated rings. The fourth-order valence-electron chi connectivity index (χ4n) is 1.21. The minimum Gasteiger partial charge on any atom is -0.377 e. The van der Waals surface area contributed by atoms with E-state index in [2.05, 4.69) is 9.97 Å². The Kier molecular flexibility index (Phi) is 5.14. The molecule has 5 heteroatoms. The van der Waals surface area contributed by atoms with Gasteiger partial charge in [-0.3, -0.25) is 0 Å². The molecule has 0 amide bonds. The molecule has 0 atom stereocenters. The van der Waals surface area contributed by atoms with Gasteiger partial charge in [0.1, 0.15) is 0 Å². The first kappa shape index (κ1) is 12.9. The van der Waals surface area contributed by atoms with Crippen LogP contribution in [0.4, 0.5) is 5.95 Å². The third kappa shape index (κ3) is 4.12. The second kappa shape index (κ2) is 6.40. The summed E-state index contributed by atoms with van der Waals surface area (Å²) in [4.78, 5) is 10.5. The maximum Gasteiger partial charge on any atom is 0.225 e. The van der Waals surface area contributed by atoms with E-state index in [9.17, 15) is 0 Å². The predicted octanol–water partition coefficient (Wildman–Crippen LogP) is 0.796. The molecule has 1 heterocycles. The summed E-state index contributed by atoms with van der Waals surface area (Å²) in [6.07, 6.45) is 1.98. The molecular formula is C11H20N4O. The molecule has 16 heavy (non-hydrogen) atoms. The second-order valence-electron chi connectivity index (χ2n) is 3.89. The Morgan fingerprint density at radius 1 is 1.50 bits per heavy atom. The van der Waals surface area contributed by atoms with Crippen molar-refractivity contribution in [3.05, 3.63) is 18.0 Å². The van der Waals surface area contributed by atoms with E-state index in [4.69, 9.17) is 10.5 Å². The average molecular weight is 224 g/mol. The monoisotopic (exact) mass is 224 g/mol. The SMILES string of the molecule is CC(C)OCCN(C)c1nccc(CN)n1. The minimum atomic E-state index is 0.254. The Morgan fingerprint density at radius 2 is 2.25 bits per heavy atom. The lowest BCUT2D eigenvalue weighted by molar-refractivity contribution is 0.0844. The van der Waals surface area contributed by atoms with Crippen LogP contribution in [0.5, 0.6) is 0 Å². The largest absolute Gasteiger partial charge is 0.377 e. The molecule has 1 rings (SSSR count). The molecule has 0 aliphatic rings. The van der Waals surface area contributed by atoms with Gasteiger partial charge >= 0.3 is 0 Å². The van der Waals surface area contributed by atoms with Crippen molar-refractivity contribution >= 4 is 5.95 Å². The van der Waals surface area contributed by atoms with Crippen molar-refractivity contribution in [1.82, 2.24) is 9.97 Å². The molecule has 90 valence electrons. The van der Waals surface area contributed by atoms with Crippen molar-refractivity contribution in [3.8, 4) is 0 Å². The molecule has 1 aromatic rings. The van der Waals surface area contributed by atoms with Crippen molar-refractivity contribution in [2.75, 3.05) is 25.1 Å². The van der Waals surface area contributed by atoms with Crippen molar-refractivity contribution in [2.45, 2.75) is 26.5 Å². The second-order valence-corrected chi connectivity index (χ2v) is 3.89. The molecule has 0 radical (unpaired) electrons. The highest BCUT2D eigenvalue weighted by Crippen LogP contribution is 2.04. The number of hydrogen-bond acceptors (Lipinski definition) is 5. The molecule has 0 saturated carbocycles. The van der Waals surface area contributed by atoms with Gasteiger partial charge in [-0.1, -0.05) is 0 Å². The van der Waals surface area contributed by atoms with E-state index in [-0.39, 0.29) is 6.10 Å². The van der Waals surface area contributed by atoms with Gasteiger partial charge in [0.25, 0.3) is 0 Å². The summed E-state index contributed by atoms with van der Waals surface area (Å²) >= 11 is 0. The van der Waals surface area contributed by atoms with Crippen LogP contribution >= 0.6 is 0 Å². The van der Waals surface area contributed by atoms with E-state index in [1.54, 1.807) is 6.20 Å². The topological polar surface area (TPSA) is 64.3 Å². The van der Waals surface area contributed by atoms with Crippen LogP contribution in [0.15, 0.2) is 12.3 Å². The lowest BCUT2D eigenvalue weighted by Crippen LogP contribution is -2.26. The van der Waals surface area contributed by atoms with E-state index in [0.29, 0.717) is 19.1 Å². The molecule has 1 aromatic heterocycles. The highest BCUT2D eigenvalue weighted by molar-refractivity contribution is 5.28. The van der Waals surface area contributed by atoms with Gasteiger partial charge < -0.3 is 15.4 Å². The number of rotatable bonds is 6. The Labute approximate surface area is 96.6 Å². The highest BCUT2D eigenvalue weighted by Gasteiger charge is 2.05. The zero-order valence-corrected chi connectivity index (χ0v) is 10.2. The number of nitrogens with zero attached hydrogens (tertiary/aromatic N) is 3. The van der Waals surface area contributed by atoms with Crippen LogP contribution in [0.25, 0.3) is 0 Å².